The normalized spacial score (nSPS) is 22.6. The number of likely N-dealkylation sites (tertiary alicyclic amines) is 1. The average Bonchev–Trinajstić information content (AvgIpc) is 3.25. The first-order valence-electron chi connectivity index (χ1n) is 12.8. The summed E-state index contributed by atoms with van der Waals surface area (Å²) in [5.74, 6) is 2.91. The molecule has 0 spiro atoms. The van der Waals surface area contributed by atoms with Crippen LogP contribution in [0.5, 0.6) is 0 Å². The van der Waals surface area contributed by atoms with Gasteiger partial charge < -0.3 is 14.4 Å². The molecule has 1 unspecified atom stereocenters. The van der Waals surface area contributed by atoms with Crippen molar-refractivity contribution in [1.29, 1.82) is 0 Å². The Morgan fingerprint density at radius 2 is 1.86 bits per heavy atom. The van der Waals surface area contributed by atoms with Crippen molar-refractivity contribution < 1.29 is 9.47 Å². The largest absolute Gasteiger partial charge is 0.378 e. The number of halogens is 1. The molecule has 2 aromatic heterocycles. The first-order valence-corrected chi connectivity index (χ1v) is 13.2. The van der Waals surface area contributed by atoms with Crippen LogP contribution in [0.1, 0.15) is 43.5 Å². The lowest BCUT2D eigenvalue weighted by molar-refractivity contribution is -0.0712. The monoisotopic (exact) mass is 496 g/mol. The van der Waals surface area contributed by atoms with Crippen LogP contribution in [0.25, 0.3) is 16.7 Å². The minimum atomic E-state index is 0.237. The molecular weight excluding hydrogens is 464 g/mol. The molecule has 0 N–H and O–H groups in total. The van der Waals surface area contributed by atoms with Crippen molar-refractivity contribution in [3.8, 4) is 5.82 Å². The Kier molecular flexibility index (Phi) is 6.39. The smallest absolute Gasteiger partial charge is 0.159 e. The first kappa shape index (κ1) is 23.2. The zero-order valence-corrected chi connectivity index (χ0v) is 21.2. The third kappa shape index (κ3) is 4.53. The van der Waals surface area contributed by atoms with Crippen molar-refractivity contribution in [2.75, 3.05) is 50.9 Å². The lowest BCUT2D eigenvalue weighted by Gasteiger charge is -2.41. The van der Waals surface area contributed by atoms with E-state index in [-0.39, 0.29) is 6.10 Å². The Hall–Kier alpha value is -2.26. The SMILES string of the molecule is CCC1CN(c2cc(-n3ncc4cc(Cl)c(C5CCN(C6COC6)CC5)cc43)nc(C)n2)CCO1. The van der Waals surface area contributed by atoms with E-state index in [4.69, 9.17) is 36.1 Å². The van der Waals surface area contributed by atoms with Crippen LogP contribution in [0.15, 0.2) is 24.4 Å². The molecule has 0 aliphatic carbocycles. The summed E-state index contributed by atoms with van der Waals surface area (Å²) in [4.78, 5) is 14.4. The number of aryl methyl sites for hydroxylation is 1. The molecule has 3 fully saturated rings. The third-order valence-corrected chi connectivity index (χ3v) is 8.07. The van der Waals surface area contributed by atoms with Gasteiger partial charge in [0.2, 0.25) is 0 Å². The Morgan fingerprint density at radius 1 is 1.06 bits per heavy atom. The van der Waals surface area contributed by atoms with Crippen LogP contribution in [-0.4, -0.2) is 82.8 Å². The van der Waals surface area contributed by atoms with E-state index < -0.39 is 0 Å². The topological polar surface area (TPSA) is 68.5 Å². The molecule has 186 valence electrons. The Labute approximate surface area is 211 Å². The highest BCUT2D eigenvalue weighted by molar-refractivity contribution is 6.32. The van der Waals surface area contributed by atoms with Crippen molar-refractivity contribution >= 4 is 28.3 Å². The van der Waals surface area contributed by atoms with E-state index in [1.165, 1.54) is 5.56 Å². The summed E-state index contributed by atoms with van der Waals surface area (Å²) in [6, 6.07) is 6.94. The second kappa shape index (κ2) is 9.65. The number of aromatic nitrogens is 4. The van der Waals surface area contributed by atoms with Crippen molar-refractivity contribution in [2.24, 2.45) is 0 Å². The van der Waals surface area contributed by atoms with Gasteiger partial charge in [-0.3, -0.25) is 4.90 Å². The maximum atomic E-state index is 6.79. The molecule has 0 amide bonds. The lowest BCUT2D eigenvalue weighted by atomic mass is 9.88. The highest BCUT2D eigenvalue weighted by Crippen LogP contribution is 2.37. The lowest BCUT2D eigenvalue weighted by Crippen LogP contribution is -2.51. The van der Waals surface area contributed by atoms with Gasteiger partial charge in [-0.15, -0.1) is 0 Å². The summed E-state index contributed by atoms with van der Waals surface area (Å²) in [7, 11) is 0. The van der Waals surface area contributed by atoms with Gasteiger partial charge in [-0.1, -0.05) is 18.5 Å². The molecule has 1 aromatic carbocycles. The van der Waals surface area contributed by atoms with Gasteiger partial charge in [0.25, 0.3) is 0 Å². The van der Waals surface area contributed by atoms with Crippen LogP contribution in [0.4, 0.5) is 5.82 Å². The van der Waals surface area contributed by atoms with Crippen LogP contribution in [0.3, 0.4) is 0 Å². The standard InChI is InChI=1S/C26H33ClN6O2/c1-3-21-14-32(8-9-35-21)25-12-26(30-17(2)29-25)33-24-11-22(23(27)10-19(24)13-28-33)18-4-6-31(7-5-18)20-15-34-16-20/h10-13,18,20-21H,3-9,14-16H2,1-2H3. The van der Waals surface area contributed by atoms with Crippen molar-refractivity contribution in [1.82, 2.24) is 24.6 Å². The number of hydrogen-bond acceptors (Lipinski definition) is 7. The van der Waals surface area contributed by atoms with E-state index in [1.54, 1.807) is 0 Å². The minimum Gasteiger partial charge on any atom is -0.378 e. The molecule has 0 saturated carbocycles. The highest BCUT2D eigenvalue weighted by Gasteiger charge is 2.31. The van der Waals surface area contributed by atoms with E-state index in [9.17, 15) is 0 Å². The predicted molar refractivity (Wildman–Crippen MR) is 137 cm³/mol. The van der Waals surface area contributed by atoms with Crippen LogP contribution in [0.2, 0.25) is 5.02 Å². The molecule has 9 heteroatoms. The zero-order valence-electron chi connectivity index (χ0n) is 20.5. The Balaban J connectivity index is 1.30. The molecule has 35 heavy (non-hydrogen) atoms. The number of anilines is 1. The number of piperidine rings is 1. The summed E-state index contributed by atoms with van der Waals surface area (Å²) in [6.07, 6.45) is 5.34. The van der Waals surface area contributed by atoms with Crippen molar-refractivity contribution in [2.45, 2.75) is 51.2 Å². The molecule has 8 nitrogen and oxygen atoms in total. The Morgan fingerprint density at radius 3 is 2.60 bits per heavy atom. The van der Waals surface area contributed by atoms with Crippen LogP contribution >= 0.6 is 11.6 Å². The molecular formula is C26H33ClN6O2. The molecule has 6 rings (SSSR count). The molecule has 3 aromatic rings. The molecule has 1 atom stereocenters. The van der Waals surface area contributed by atoms with Crippen LogP contribution in [-0.2, 0) is 9.47 Å². The second-order valence-electron chi connectivity index (χ2n) is 9.97. The zero-order chi connectivity index (χ0) is 23.9. The van der Waals surface area contributed by atoms with E-state index in [2.05, 4.69) is 28.9 Å². The fourth-order valence-corrected chi connectivity index (χ4v) is 5.88. The number of rotatable bonds is 5. The quantitative estimate of drug-likeness (QED) is 0.529. The summed E-state index contributed by atoms with van der Waals surface area (Å²) >= 11 is 6.79. The summed E-state index contributed by atoms with van der Waals surface area (Å²) in [5.41, 5.74) is 2.26. The number of nitrogens with zero attached hydrogens (tertiary/aromatic N) is 6. The van der Waals surface area contributed by atoms with E-state index in [0.717, 1.165) is 98.6 Å². The Bertz CT molecular complexity index is 1200. The van der Waals surface area contributed by atoms with Crippen LogP contribution in [0, 0.1) is 6.92 Å². The maximum Gasteiger partial charge on any atom is 0.159 e. The summed E-state index contributed by atoms with van der Waals surface area (Å²) < 4.78 is 13.2. The molecule has 3 aliphatic rings. The number of hydrogen-bond donors (Lipinski definition) is 0. The fourth-order valence-electron chi connectivity index (χ4n) is 5.55. The number of benzene rings is 1. The van der Waals surface area contributed by atoms with Gasteiger partial charge in [-0.25, -0.2) is 14.6 Å². The molecule has 0 bridgehead atoms. The van der Waals surface area contributed by atoms with Gasteiger partial charge in [0.05, 0.1) is 43.7 Å². The third-order valence-electron chi connectivity index (χ3n) is 7.74. The molecule has 0 radical (unpaired) electrons. The number of fused-ring (bicyclic) bond motifs is 1. The van der Waals surface area contributed by atoms with Gasteiger partial charge in [0.15, 0.2) is 5.82 Å². The second-order valence-corrected chi connectivity index (χ2v) is 10.4. The van der Waals surface area contributed by atoms with Crippen LogP contribution < -0.4 is 4.90 Å². The molecule has 5 heterocycles. The predicted octanol–water partition coefficient (Wildman–Crippen LogP) is 3.97. The molecule has 3 aliphatic heterocycles. The molecule has 3 saturated heterocycles. The fraction of sp³-hybridized carbons (Fsp3) is 0.577. The van der Waals surface area contributed by atoms with Gasteiger partial charge in [0, 0.05) is 29.6 Å². The van der Waals surface area contributed by atoms with Gasteiger partial charge in [-0.2, -0.15) is 5.10 Å². The average molecular weight is 497 g/mol. The number of morpholine rings is 1. The van der Waals surface area contributed by atoms with E-state index >= 15 is 0 Å². The summed E-state index contributed by atoms with van der Waals surface area (Å²) in [5, 5.41) is 6.57. The number of ether oxygens (including phenoxy) is 2. The van der Waals surface area contributed by atoms with E-state index in [0.29, 0.717) is 12.0 Å². The van der Waals surface area contributed by atoms with Gasteiger partial charge >= 0.3 is 0 Å². The van der Waals surface area contributed by atoms with E-state index in [1.807, 2.05) is 23.9 Å². The maximum absolute atomic E-state index is 6.79. The van der Waals surface area contributed by atoms with Crippen molar-refractivity contribution in [3.05, 3.63) is 40.8 Å². The minimum absolute atomic E-state index is 0.237. The van der Waals surface area contributed by atoms with Gasteiger partial charge in [0.1, 0.15) is 11.6 Å². The summed E-state index contributed by atoms with van der Waals surface area (Å²) in [6.45, 7) is 10.4. The first-order chi connectivity index (χ1) is 17.1. The highest BCUT2D eigenvalue weighted by atomic mass is 35.5. The van der Waals surface area contributed by atoms with Gasteiger partial charge in [-0.05, 0) is 62.9 Å². The van der Waals surface area contributed by atoms with Crippen molar-refractivity contribution in [3.63, 3.8) is 0 Å².